The van der Waals surface area contributed by atoms with Gasteiger partial charge in [0.05, 0.1) is 5.69 Å². The standard InChI is InChI=1S/C20H24FN3O/c1-15-6-8-16(9-7-15)13-24-11-10-17(14-24)12-22-20(25)23-19-5-3-2-4-18(19)21/h2-9,17H,10-14H2,1H3,(H2,22,23,25)/t17-/m1/s1. The second-order valence-electron chi connectivity index (χ2n) is 6.69. The monoisotopic (exact) mass is 341 g/mol. The van der Waals surface area contributed by atoms with Gasteiger partial charge in [-0.05, 0) is 43.5 Å². The van der Waals surface area contributed by atoms with Crippen LogP contribution in [0.5, 0.6) is 0 Å². The Kier molecular flexibility index (Phi) is 5.66. The first kappa shape index (κ1) is 17.4. The summed E-state index contributed by atoms with van der Waals surface area (Å²) < 4.78 is 13.5. The van der Waals surface area contributed by atoms with E-state index in [0.29, 0.717) is 12.5 Å². The highest BCUT2D eigenvalue weighted by Crippen LogP contribution is 2.18. The summed E-state index contributed by atoms with van der Waals surface area (Å²) in [7, 11) is 0. The Bertz CT molecular complexity index is 717. The normalized spacial score (nSPS) is 17.4. The Morgan fingerprint density at radius 1 is 1.20 bits per heavy atom. The van der Waals surface area contributed by atoms with Crippen LogP contribution in [0.25, 0.3) is 0 Å². The van der Waals surface area contributed by atoms with Crippen LogP contribution in [-0.4, -0.2) is 30.6 Å². The molecule has 2 N–H and O–H groups in total. The number of halogens is 1. The average Bonchev–Trinajstić information content (AvgIpc) is 3.05. The highest BCUT2D eigenvalue weighted by Gasteiger charge is 2.22. The molecular formula is C20H24FN3O. The van der Waals surface area contributed by atoms with E-state index >= 15 is 0 Å². The van der Waals surface area contributed by atoms with Crippen LogP contribution in [0.2, 0.25) is 0 Å². The maximum Gasteiger partial charge on any atom is 0.319 e. The molecule has 0 spiro atoms. The number of hydrogen-bond acceptors (Lipinski definition) is 2. The van der Waals surface area contributed by atoms with Crippen LogP contribution in [0.15, 0.2) is 48.5 Å². The van der Waals surface area contributed by atoms with Crippen molar-refractivity contribution in [2.24, 2.45) is 5.92 Å². The van der Waals surface area contributed by atoms with Crippen molar-refractivity contribution in [3.05, 3.63) is 65.5 Å². The zero-order valence-electron chi connectivity index (χ0n) is 14.5. The number of benzene rings is 2. The summed E-state index contributed by atoms with van der Waals surface area (Å²) in [6, 6.07) is 14.4. The molecule has 1 aliphatic heterocycles. The first-order chi connectivity index (χ1) is 12.1. The van der Waals surface area contributed by atoms with Crippen LogP contribution in [0.3, 0.4) is 0 Å². The summed E-state index contributed by atoms with van der Waals surface area (Å²) in [4.78, 5) is 14.3. The van der Waals surface area contributed by atoms with Crippen molar-refractivity contribution in [2.45, 2.75) is 19.9 Å². The van der Waals surface area contributed by atoms with Gasteiger partial charge in [-0.3, -0.25) is 4.90 Å². The molecule has 25 heavy (non-hydrogen) atoms. The molecule has 0 aliphatic carbocycles. The largest absolute Gasteiger partial charge is 0.338 e. The number of rotatable bonds is 5. The maximum absolute atomic E-state index is 13.5. The Labute approximate surface area is 148 Å². The molecule has 1 aliphatic rings. The molecule has 1 fully saturated rings. The molecule has 0 radical (unpaired) electrons. The van der Waals surface area contributed by atoms with Gasteiger partial charge >= 0.3 is 6.03 Å². The second-order valence-corrected chi connectivity index (χ2v) is 6.69. The summed E-state index contributed by atoms with van der Waals surface area (Å²) in [5.74, 6) is -0.000363. The fourth-order valence-corrected chi connectivity index (χ4v) is 3.14. The van der Waals surface area contributed by atoms with Gasteiger partial charge in [0.15, 0.2) is 0 Å². The van der Waals surface area contributed by atoms with E-state index < -0.39 is 5.82 Å². The van der Waals surface area contributed by atoms with Gasteiger partial charge in [-0.15, -0.1) is 0 Å². The Balaban J connectivity index is 1.41. The molecule has 0 bridgehead atoms. The van der Waals surface area contributed by atoms with E-state index in [4.69, 9.17) is 0 Å². The second kappa shape index (κ2) is 8.12. The highest BCUT2D eigenvalue weighted by atomic mass is 19.1. The lowest BCUT2D eigenvalue weighted by atomic mass is 10.1. The van der Waals surface area contributed by atoms with Crippen LogP contribution in [0.1, 0.15) is 17.5 Å². The molecular weight excluding hydrogens is 317 g/mol. The number of carbonyl (C=O) groups excluding carboxylic acids is 1. The number of likely N-dealkylation sites (tertiary alicyclic amines) is 1. The zero-order valence-corrected chi connectivity index (χ0v) is 14.5. The molecule has 2 amide bonds. The molecule has 3 rings (SSSR count). The summed E-state index contributed by atoms with van der Waals surface area (Å²) in [5.41, 5.74) is 2.79. The van der Waals surface area contributed by atoms with Crippen molar-refractivity contribution in [2.75, 3.05) is 25.0 Å². The third-order valence-electron chi connectivity index (χ3n) is 4.57. The van der Waals surface area contributed by atoms with Crippen LogP contribution >= 0.6 is 0 Å². The van der Waals surface area contributed by atoms with Crippen molar-refractivity contribution in [3.63, 3.8) is 0 Å². The highest BCUT2D eigenvalue weighted by molar-refractivity contribution is 5.89. The minimum atomic E-state index is -0.428. The summed E-state index contributed by atoms with van der Waals surface area (Å²) in [6.45, 7) is 5.64. The molecule has 0 saturated carbocycles. The van der Waals surface area contributed by atoms with Gasteiger partial charge in [0, 0.05) is 19.6 Å². The maximum atomic E-state index is 13.5. The SMILES string of the molecule is Cc1ccc(CN2CC[C@H](CNC(=O)Nc3ccccc3F)C2)cc1. The lowest BCUT2D eigenvalue weighted by Gasteiger charge is -2.17. The number of carbonyl (C=O) groups is 1. The topological polar surface area (TPSA) is 44.4 Å². The predicted molar refractivity (Wildman–Crippen MR) is 98.0 cm³/mol. The number of para-hydroxylation sites is 1. The van der Waals surface area contributed by atoms with Gasteiger partial charge in [0.1, 0.15) is 5.82 Å². The molecule has 132 valence electrons. The van der Waals surface area contributed by atoms with Crippen LogP contribution in [-0.2, 0) is 6.54 Å². The number of urea groups is 1. The van der Waals surface area contributed by atoms with Crippen LogP contribution in [0.4, 0.5) is 14.9 Å². The van der Waals surface area contributed by atoms with Crippen molar-refractivity contribution in [1.29, 1.82) is 0 Å². The van der Waals surface area contributed by atoms with Gasteiger partial charge in [-0.2, -0.15) is 0 Å². The Hall–Kier alpha value is -2.40. The quantitative estimate of drug-likeness (QED) is 0.869. The first-order valence-electron chi connectivity index (χ1n) is 8.67. The summed E-state index contributed by atoms with van der Waals surface area (Å²) >= 11 is 0. The molecule has 2 aromatic carbocycles. The van der Waals surface area contributed by atoms with Crippen LogP contribution < -0.4 is 10.6 Å². The van der Waals surface area contributed by atoms with Gasteiger partial charge in [-0.1, -0.05) is 42.0 Å². The number of anilines is 1. The molecule has 4 nitrogen and oxygen atoms in total. The Morgan fingerprint density at radius 2 is 1.96 bits per heavy atom. The smallest absolute Gasteiger partial charge is 0.319 e. The van der Waals surface area contributed by atoms with E-state index in [1.54, 1.807) is 18.2 Å². The average molecular weight is 341 g/mol. The van der Waals surface area contributed by atoms with Crippen LogP contribution in [0, 0.1) is 18.7 Å². The van der Waals surface area contributed by atoms with E-state index in [-0.39, 0.29) is 11.7 Å². The molecule has 1 saturated heterocycles. The third-order valence-corrected chi connectivity index (χ3v) is 4.57. The molecule has 2 aromatic rings. The van der Waals surface area contributed by atoms with Gasteiger partial charge in [-0.25, -0.2) is 9.18 Å². The van der Waals surface area contributed by atoms with Gasteiger partial charge < -0.3 is 10.6 Å². The molecule has 0 unspecified atom stereocenters. The minimum Gasteiger partial charge on any atom is -0.338 e. The van der Waals surface area contributed by atoms with Gasteiger partial charge in [0.25, 0.3) is 0 Å². The van der Waals surface area contributed by atoms with E-state index in [0.717, 1.165) is 26.1 Å². The van der Waals surface area contributed by atoms with E-state index in [1.807, 2.05) is 0 Å². The van der Waals surface area contributed by atoms with Crippen molar-refractivity contribution >= 4 is 11.7 Å². The fraction of sp³-hybridized carbons (Fsp3) is 0.350. The summed E-state index contributed by atoms with van der Waals surface area (Å²) in [5, 5.41) is 5.40. The van der Waals surface area contributed by atoms with Crippen molar-refractivity contribution in [3.8, 4) is 0 Å². The number of hydrogen-bond donors (Lipinski definition) is 2. The number of amides is 2. The van der Waals surface area contributed by atoms with Crippen molar-refractivity contribution in [1.82, 2.24) is 10.2 Å². The lowest BCUT2D eigenvalue weighted by molar-refractivity contribution is 0.249. The van der Waals surface area contributed by atoms with Crippen molar-refractivity contribution < 1.29 is 9.18 Å². The molecule has 5 heteroatoms. The first-order valence-corrected chi connectivity index (χ1v) is 8.67. The summed E-state index contributed by atoms with van der Waals surface area (Å²) in [6.07, 6.45) is 1.06. The fourth-order valence-electron chi connectivity index (χ4n) is 3.14. The van der Waals surface area contributed by atoms with E-state index in [9.17, 15) is 9.18 Å². The zero-order chi connectivity index (χ0) is 17.6. The molecule has 1 heterocycles. The lowest BCUT2D eigenvalue weighted by Crippen LogP contribution is -2.34. The molecule has 0 aromatic heterocycles. The van der Waals surface area contributed by atoms with Gasteiger partial charge in [0.2, 0.25) is 0 Å². The number of nitrogens with one attached hydrogen (secondary N) is 2. The van der Waals surface area contributed by atoms with E-state index in [2.05, 4.69) is 46.7 Å². The predicted octanol–water partition coefficient (Wildman–Crippen LogP) is 3.78. The third kappa shape index (κ3) is 5.03. The minimum absolute atomic E-state index is 0.201. The number of aryl methyl sites for hydroxylation is 1. The Morgan fingerprint density at radius 3 is 2.72 bits per heavy atom. The number of nitrogens with zero attached hydrogens (tertiary/aromatic N) is 1. The van der Waals surface area contributed by atoms with E-state index in [1.165, 1.54) is 17.2 Å². The molecule has 1 atom stereocenters.